The van der Waals surface area contributed by atoms with Crippen molar-refractivity contribution in [3.05, 3.63) is 52.0 Å². The number of hydrogen-bond donors (Lipinski definition) is 2. The van der Waals surface area contributed by atoms with Crippen molar-refractivity contribution in [2.45, 2.75) is 45.7 Å². The Labute approximate surface area is 190 Å². The Balaban J connectivity index is 0.00000280. The van der Waals surface area contributed by atoms with Crippen molar-refractivity contribution in [1.29, 1.82) is 0 Å². The Morgan fingerprint density at radius 1 is 1.29 bits per heavy atom. The number of rotatable bonds is 8. The van der Waals surface area contributed by atoms with Crippen molar-refractivity contribution < 1.29 is 0 Å². The fourth-order valence-corrected chi connectivity index (χ4v) is 4.15. The Morgan fingerprint density at radius 3 is 2.82 bits per heavy atom. The third kappa shape index (κ3) is 7.33. The van der Waals surface area contributed by atoms with Crippen LogP contribution >= 0.6 is 35.3 Å². The van der Waals surface area contributed by atoms with Crippen LogP contribution in [0.4, 0.5) is 0 Å². The summed E-state index contributed by atoms with van der Waals surface area (Å²) in [6, 6.07) is 11.3. The third-order valence-corrected chi connectivity index (χ3v) is 5.69. The zero-order valence-corrected chi connectivity index (χ0v) is 20.0. The van der Waals surface area contributed by atoms with Gasteiger partial charge < -0.3 is 10.6 Å². The van der Waals surface area contributed by atoms with Crippen LogP contribution in [-0.4, -0.2) is 48.1 Å². The highest BCUT2D eigenvalue weighted by atomic mass is 127. The molecule has 1 aliphatic heterocycles. The van der Waals surface area contributed by atoms with E-state index >= 15 is 0 Å². The molecule has 0 amide bonds. The molecule has 1 fully saturated rings. The molecule has 1 atom stereocenters. The smallest absolute Gasteiger partial charge is 0.191 e. The number of guanidine groups is 1. The van der Waals surface area contributed by atoms with Crippen LogP contribution in [0.3, 0.4) is 0 Å². The van der Waals surface area contributed by atoms with E-state index in [1.165, 1.54) is 24.9 Å². The van der Waals surface area contributed by atoms with Crippen LogP contribution in [0.15, 0.2) is 40.7 Å². The van der Waals surface area contributed by atoms with Gasteiger partial charge >= 0.3 is 0 Å². The first-order chi connectivity index (χ1) is 13.2. The van der Waals surface area contributed by atoms with Gasteiger partial charge in [-0.05, 0) is 38.8 Å². The van der Waals surface area contributed by atoms with Gasteiger partial charge in [0, 0.05) is 37.5 Å². The van der Waals surface area contributed by atoms with E-state index in [1.807, 2.05) is 0 Å². The van der Waals surface area contributed by atoms with E-state index in [0.29, 0.717) is 6.04 Å². The molecule has 5 nitrogen and oxygen atoms in total. The molecule has 28 heavy (non-hydrogen) atoms. The van der Waals surface area contributed by atoms with Gasteiger partial charge in [0.05, 0.1) is 17.2 Å². The van der Waals surface area contributed by atoms with Crippen molar-refractivity contribution in [3.8, 4) is 0 Å². The van der Waals surface area contributed by atoms with Crippen LogP contribution in [0.2, 0.25) is 0 Å². The lowest BCUT2D eigenvalue weighted by Gasteiger charge is -2.23. The molecule has 1 unspecified atom stereocenters. The van der Waals surface area contributed by atoms with Crippen LogP contribution in [0.1, 0.15) is 36.0 Å². The number of aromatic nitrogens is 1. The fraction of sp³-hybridized carbons (Fsp3) is 0.524. The maximum Gasteiger partial charge on any atom is 0.191 e. The lowest BCUT2D eigenvalue weighted by molar-refractivity contribution is 0.250. The number of likely N-dealkylation sites (tertiary alicyclic amines) is 1. The highest BCUT2D eigenvalue weighted by Crippen LogP contribution is 2.20. The standard InChI is InChI=1S/C21H31N5S.HI/c1-3-22-21(23-12-11-19-16-27-17(2)25-19)24-14-20-10-7-13-26(20)15-18-8-5-4-6-9-18;/h4-6,8-9,16,20H,3,7,10-15H2,1-2H3,(H2,22,23,24);1H. The summed E-state index contributed by atoms with van der Waals surface area (Å²) >= 11 is 1.71. The third-order valence-electron chi connectivity index (χ3n) is 4.87. The van der Waals surface area contributed by atoms with Gasteiger partial charge in [-0.1, -0.05) is 30.3 Å². The number of hydrogen-bond acceptors (Lipinski definition) is 4. The number of benzene rings is 1. The predicted molar refractivity (Wildman–Crippen MR) is 130 cm³/mol. The van der Waals surface area contributed by atoms with E-state index in [4.69, 9.17) is 4.99 Å². The Hall–Kier alpha value is -1.19. The minimum absolute atomic E-state index is 0. The van der Waals surface area contributed by atoms with Crippen LogP contribution in [0.25, 0.3) is 0 Å². The first-order valence-electron chi connectivity index (χ1n) is 9.95. The number of halogens is 1. The maximum absolute atomic E-state index is 4.86. The van der Waals surface area contributed by atoms with E-state index in [0.717, 1.165) is 49.3 Å². The molecule has 1 aliphatic rings. The second kappa shape index (κ2) is 12.4. The van der Waals surface area contributed by atoms with Crippen LogP contribution in [-0.2, 0) is 13.0 Å². The highest BCUT2D eigenvalue weighted by molar-refractivity contribution is 14.0. The Kier molecular flexibility index (Phi) is 10.2. The topological polar surface area (TPSA) is 52.6 Å². The lowest BCUT2D eigenvalue weighted by atomic mass is 10.2. The van der Waals surface area contributed by atoms with Crippen molar-refractivity contribution in [1.82, 2.24) is 20.5 Å². The van der Waals surface area contributed by atoms with Gasteiger partial charge in [-0.15, -0.1) is 35.3 Å². The van der Waals surface area contributed by atoms with Gasteiger partial charge in [-0.2, -0.15) is 0 Å². The van der Waals surface area contributed by atoms with Gasteiger partial charge in [-0.25, -0.2) is 4.98 Å². The van der Waals surface area contributed by atoms with E-state index in [9.17, 15) is 0 Å². The highest BCUT2D eigenvalue weighted by Gasteiger charge is 2.24. The normalized spacial score (nSPS) is 17.4. The van der Waals surface area contributed by atoms with E-state index in [1.54, 1.807) is 11.3 Å². The first-order valence-corrected chi connectivity index (χ1v) is 10.8. The molecule has 7 heteroatoms. The number of nitrogens with zero attached hydrogens (tertiary/aromatic N) is 3. The summed E-state index contributed by atoms with van der Waals surface area (Å²) in [6.45, 7) is 8.93. The van der Waals surface area contributed by atoms with Crippen molar-refractivity contribution in [2.24, 2.45) is 4.99 Å². The molecule has 1 saturated heterocycles. The molecule has 2 aromatic rings. The largest absolute Gasteiger partial charge is 0.357 e. The van der Waals surface area contributed by atoms with Gasteiger partial charge in [0.15, 0.2) is 5.96 Å². The molecule has 1 aromatic heterocycles. The number of aryl methyl sites for hydroxylation is 1. The van der Waals surface area contributed by atoms with Crippen molar-refractivity contribution in [3.63, 3.8) is 0 Å². The number of aliphatic imine (C=N–C) groups is 1. The van der Waals surface area contributed by atoms with E-state index in [-0.39, 0.29) is 24.0 Å². The van der Waals surface area contributed by atoms with Crippen LogP contribution in [0, 0.1) is 6.92 Å². The molecule has 3 rings (SSSR count). The number of thiazole rings is 1. The zero-order valence-electron chi connectivity index (χ0n) is 16.9. The molecule has 0 radical (unpaired) electrons. The second-order valence-electron chi connectivity index (χ2n) is 7.01. The van der Waals surface area contributed by atoms with Crippen LogP contribution in [0.5, 0.6) is 0 Å². The zero-order chi connectivity index (χ0) is 18.9. The molecule has 2 N–H and O–H groups in total. The summed E-state index contributed by atoms with van der Waals surface area (Å²) in [4.78, 5) is 12.0. The SMILES string of the molecule is CCNC(=NCC1CCCN1Cc1ccccc1)NCCc1csc(C)n1.I. The molecule has 154 valence electrons. The number of nitrogens with one attached hydrogen (secondary N) is 2. The molecule has 0 saturated carbocycles. The Morgan fingerprint density at radius 2 is 2.11 bits per heavy atom. The molecular weight excluding hydrogens is 481 g/mol. The molecule has 2 heterocycles. The van der Waals surface area contributed by atoms with Gasteiger partial charge in [0.2, 0.25) is 0 Å². The quantitative estimate of drug-likeness (QED) is 0.320. The maximum atomic E-state index is 4.86. The summed E-state index contributed by atoms with van der Waals surface area (Å²) < 4.78 is 0. The Bertz CT molecular complexity index is 719. The summed E-state index contributed by atoms with van der Waals surface area (Å²) in [5, 5.41) is 10.1. The average molecular weight is 513 g/mol. The minimum atomic E-state index is 0. The molecule has 0 bridgehead atoms. The monoisotopic (exact) mass is 513 g/mol. The average Bonchev–Trinajstić information content (AvgIpc) is 3.29. The molecular formula is C21H32IN5S. The lowest BCUT2D eigenvalue weighted by Crippen LogP contribution is -2.40. The van der Waals surface area contributed by atoms with Gasteiger partial charge in [0.25, 0.3) is 0 Å². The summed E-state index contributed by atoms with van der Waals surface area (Å²) in [5.74, 6) is 0.913. The minimum Gasteiger partial charge on any atom is -0.357 e. The fourth-order valence-electron chi connectivity index (χ4n) is 3.50. The van der Waals surface area contributed by atoms with Crippen LogP contribution < -0.4 is 10.6 Å². The van der Waals surface area contributed by atoms with Crippen molar-refractivity contribution in [2.75, 3.05) is 26.2 Å². The first kappa shape index (κ1) is 23.1. The molecule has 0 aliphatic carbocycles. The van der Waals surface area contributed by atoms with Gasteiger partial charge in [-0.3, -0.25) is 9.89 Å². The summed E-state index contributed by atoms with van der Waals surface area (Å²) in [6.07, 6.45) is 3.42. The summed E-state index contributed by atoms with van der Waals surface area (Å²) in [7, 11) is 0. The molecule has 0 spiro atoms. The van der Waals surface area contributed by atoms with Crippen molar-refractivity contribution >= 4 is 41.3 Å². The predicted octanol–water partition coefficient (Wildman–Crippen LogP) is 3.83. The van der Waals surface area contributed by atoms with E-state index in [2.05, 4.69) is 70.1 Å². The summed E-state index contributed by atoms with van der Waals surface area (Å²) in [5.41, 5.74) is 2.54. The second-order valence-corrected chi connectivity index (χ2v) is 8.07. The van der Waals surface area contributed by atoms with E-state index < -0.39 is 0 Å². The van der Waals surface area contributed by atoms with Gasteiger partial charge in [0.1, 0.15) is 0 Å². The molecule has 1 aromatic carbocycles.